The number of benzene rings is 2. The van der Waals surface area contributed by atoms with Gasteiger partial charge < -0.3 is 19.3 Å². The first kappa shape index (κ1) is 20.9. The number of methoxy groups -OCH3 is 2. The third-order valence-electron chi connectivity index (χ3n) is 5.39. The zero-order valence-corrected chi connectivity index (χ0v) is 18.8. The molecule has 0 atom stereocenters. The van der Waals surface area contributed by atoms with E-state index in [1.165, 1.54) is 14.2 Å². The van der Waals surface area contributed by atoms with E-state index in [1.807, 2.05) is 50.1 Å². The van der Waals surface area contributed by atoms with Gasteiger partial charge in [0, 0.05) is 55.8 Å². The van der Waals surface area contributed by atoms with Gasteiger partial charge in [-0.2, -0.15) is 0 Å². The number of aromatic nitrogens is 2. The number of hydrogen-bond acceptors (Lipinski definition) is 8. The summed E-state index contributed by atoms with van der Waals surface area (Å²) in [5, 5.41) is 10.3. The van der Waals surface area contributed by atoms with Gasteiger partial charge in [-0.05, 0) is 23.3 Å². The largest absolute Gasteiger partial charge is 0.464 e. The molecule has 1 aliphatic rings. The highest BCUT2D eigenvalue weighted by Crippen LogP contribution is 2.55. The van der Waals surface area contributed by atoms with Crippen molar-refractivity contribution in [3.05, 3.63) is 34.6 Å². The molecule has 0 bridgehead atoms. The van der Waals surface area contributed by atoms with Crippen LogP contribution in [-0.2, 0) is 9.47 Å². The van der Waals surface area contributed by atoms with Crippen LogP contribution in [0.1, 0.15) is 21.0 Å². The zero-order chi connectivity index (χ0) is 22.6. The molecule has 4 rings (SSSR count). The minimum absolute atomic E-state index is 0.0164. The number of hydrogen-bond donors (Lipinski definition) is 0. The fourth-order valence-electron chi connectivity index (χ4n) is 4.15. The Morgan fingerprint density at radius 2 is 1.39 bits per heavy atom. The maximum absolute atomic E-state index is 12.5. The Balaban J connectivity index is 2.26. The molecule has 2 aromatic carbocycles. The Morgan fingerprint density at radius 3 is 1.87 bits per heavy atom. The van der Waals surface area contributed by atoms with Crippen molar-refractivity contribution in [3.8, 4) is 22.3 Å². The van der Waals surface area contributed by atoms with Crippen molar-refractivity contribution in [1.29, 1.82) is 0 Å². The average molecular weight is 441 g/mol. The Morgan fingerprint density at radius 1 is 0.839 bits per heavy atom. The molecule has 0 N–H and O–H groups in total. The second-order valence-electron chi connectivity index (χ2n) is 7.56. The number of carbonyl (C=O) groups is 2. The number of rotatable bonds is 4. The van der Waals surface area contributed by atoms with Crippen LogP contribution in [0.15, 0.2) is 18.2 Å². The number of ether oxygens (including phenoxy) is 2. The van der Waals surface area contributed by atoms with Gasteiger partial charge in [-0.3, -0.25) is 0 Å². The van der Waals surface area contributed by atoms with Crippen molar-refractivity contribution >= 4 is 45.7 Å². The number of anilines is 2. The van der Waals surface area contributed by atoms with E-state index in [9.17, 15) is 9.59 Å². The highest BCUT2D eigenvalue weighted by molar-refractivity contribution is 6.38. The highest BCUT2D eigenvalue weighted by Gasteiger charge is 2.36. The number of fused-ring (bicyclic) bond motifs is 3. The smallest absolute Gasteiger partial charge is 0.359 e. The maximum Gasteiger partial charge on any atom is 0.359 e. The third-order valence-corrected chi connectivity index (χ3v) is 5.67. The van der Waals surface area contributed by atoms with Crippen molar-refractivity contribution in [3.63, 3.8) is 0 Å². The predicted octanol–water partition coefficient (Wildman–Crippen LogP) is 3.64. The molecule has 1 aliphatic carbocycles. The SMILES string of the molecule is COC(=O)c1nnc(C(=O)OC)c2c1-c1ccc(N(C)C)c3c(N(C)C)c(Cl)cc-2c13. The number of carbonyl (C=O) groups excluding carboxylic acids is 2. The summed E-state index contributed by atoms with van der Waals surface area (Å²) in [6.45, 7) is 0. The molecule has 0 unspecified atom stereocenters. The molecule has 9 heteroatoms. The molecule has 3 aromatic rings. The average Bonchev–Trinajstić information content (AvgIpc) is 3.07. The van der Waals surface area contributed by atoms with Crippen LogP contribution < -0.4 is 9.80 Å². The van der Waals surface area contributed by atoms with Gasteiger partial charge in [0.05, 0.1) is 24.9 Å². The summed E-state index contributed by atoms with van der Waals surface area (Å²) in [7, 11) is 10.3. The lowest BCUT2D eigenvalue weighted by molar-refractivity contribution is 0.0575. The van der Waals surface area contributed by atoms with Crippen molar-refractivity contribution < 1.29 is 19.1 Å². The molecule has 1 aromatic heterocycles. The van der Waals surface area contributed by atoms with Crippen LogP contribution in [0.5, 0.6) is 0 Å². The quantitative estimate of drug-likeness (QED) is 0.445. The van der Waals surface area contributed by atoms with Crippen LogP contribution in [0.25, 0.3) is 33.0 Å². The first-order valence-corrected chi connectivity index (χ1v) is 9.82. The Kier molecular flexibility index (Phi) is 4.97. The minimum Gasteiger partial charge on any atom is -0.464 e. The minimum atomic E-state index is -0.651. The summed E-state index contributed by atoms with van der Waals surface area (Å²) in [6.07, 6.45) is 0. The van der Waals surface area contributed by atoms with Crippen LogP contribution >= 0.6 is 11.6 Å². The van der Waals surface area contributed by atoms with Crippen LogP contribution in [0, 0.1) is 0 Å². The van der Waals surface area contributed by atoms with Gasteiger partial charge in [0.2, 0.25) is 0 Å². The molecule has 160 valence electrons. The lowest BCUT2D eigenvalue weighted by Gasteiger charge is -2.24. The number of halogens is 1. The van der Waals surface area contributed by atoms with Crippen LogP contribution in [-0.4, -0.2) is 64.5 Å². The van der Waals surface area contributed by atoms with E-state index in [1.54, 1.807) is 6.07 Å². The fraction of sp³-hybridized carbons (Fsp3) is 0.273. The maximum atomic E-state index is 12.5. The lowest BCUT2D eigenvalue weighted by Crippen LogP contribution is -2.14. The molecule has 0 spiro atoms. The second kappa shape index (κ2) is 7.39. The van der Waals surface area contributed by atoms with Gasteiger partial charge in [-0.25, -0.2) is 9.59 Å². The molecule has 0 saturated heterocycles. The van der Waals surface area contributed by atoms with E-state index < -0.39 is 11.9 Å². The monoisotopic (exact) mass is 440 g/mol. The van der Waals surface area contributed by atoms with E-state index in [0.29, 0.717) is 21.7 Å². The standard InChI is InChI=1S/C22H21ClN4O4/c1-26(2)13-8-7-10-14-11(9-12(23)20(17(13)14)27(3)4)16-15(10)18(21(28)30-5)24-25-19(16)22(29)31-6/h7-9H,1-6H3. The van der Waals surface area contributed by atoms with Gasteiger partial charge >= 0.3 is 11.9 Å². The number of esters is 2. The normalized spacial score (nSPS) is 11.3. The molecular weight excluding hydrogens is 420 g/mol. The Hall–Kier alpha value is -3.39. The molecular formula is C22H21ClN4O4. The Bertz CT molecular complexity index is 1270. The predicted molar refractivity (Wildman–Crippen MR) is 120 cm³/mol. The Labute approximate surface area is 184 Å². The topological polar surface area (TPSA) is 84.9 Å². The van der Waals surface area contributed by atoms with Crippen molar-refractivity contribution in [2.75, 3.05) is 52.2 Å². The molecule has 31 heavy (non-hydrogen) atoms. The molecule has 0 saturated carbocycles. The van der Waals surface area contributed by atoms with Crippen molar-refractivity contribution in [2.24, 2.45) is 0 Å². The van der Waals surface area contributed by atoms with Crippen LogP contribution in [0.4, 0.5) is 11.4 Å². The molecule has 8 nitrogen and oxygen atoms in total. The second-order valence-corrected chi connectivity index (χ2v) is 7.96. The summed E-state index contributed by atoms with van der Waals surface area (Å²) >= 11 is 6.74. The zero-order valence-electron chi connectivity index (χ0n) is 18.0. The summed E-state index contributed by atoms with van der Waals surface area (Å²) < 4.78 is 9.86. The van der Waals surface area contributed by atoms with Gasteiger partial charge in [-0.1, -0.05) is 17.7 Å². The fourth-order valence-corrected chi connectivity index (χ4v) is 4.53. The summed E-state index contributed by atoms with van der Waals surface area (Å²) in [5.41, 5.74) is 4.22. The summed E-state index contributed by atoms with van der Waals surface area (Å²) in [5.74, 6) is -1.29. The van der Waals surface area contributed by atoms with E-state index in [4.69, 9.17) is 21.1 Å². The molecule has 0 radical (unpaired) electrons. The summed E-state index contributed by atoms with van der Waals surface area (Å²) in [4.78, 5) is 29.0. The highest BCUT2D eigenvalue weighted by atomic mass is 35.5. The first-order chi connectivity index (χ1) is 14.7. The molecule has 0 fully saturated rings. The lowest BCUT2D eigenvalue weighted by atomic mass is 9.98. The third kappa shape index (κ3) is 2.90. The first-order valence-electron chi connectivity index (χ1n) is 9.44. The summed E-state index contributed by atoms with van der Waals surface area (Å²) in [6, 6.07) is 5.66. The van der Waals surface area contributed by atoms with Gasteiger partial charge in [-0.15, -0.1) is 10.2 Å². The van der Waals surface area contributed by atoms with Crippen molar-refractivity contribution in [1.82, 2.24) is 10.2 Å². The van der Waals surface area contributed by atoms with Gasteiger partial charge in [0.25, 0.3) is 0 Å². The van der Waals surface area contributed by atoms with E-state index in [2.05, 4.69) is 10.2 Å². The van der Waals surface area contributed by atoms with Crippen LogP contribution in [0.2, 0.25) is 5.02 Å². The molecule has 1 heterocycles. The van der Waals surface area contributed by atoms with Crippen LogP contribution in [0.3, 0.4) is 0 Å². The number of nitrogens with zero attached hydrogens (tertiary/aromatic N) is 4. The van der Waals surface area contributed by atoms with Crippen molar-refractivity contribution in [2.45, 2.75) is 0 Å². The van der Waals surface area contributed by atoms with Gasteiger partial charge in [0.15, 0.2) is 11.4 Å². The van der Waals surface area contributed by atoms with E-state index >= 15 is 0 Å². The molecule has 0 amide bonds. The van der Waals surface area contributed by atoms with Gasteiger partial charge in [0.1, 0.15) is 0 Å². The molecule has 0 aliphatic heterocycles. The van der Waals surface area contributed by atoms with E-state index in [-0.39, 0.29) is 11.4 Å². The van der Waals surface area contributed by atoms with E-state index in [0.717, 1.165) is 27.7 Å².